The summed E-state index contributed by atoms with van der Waals surface area (Å²) >= 11 is 0. The molecule has 2 aliphatic rings. The van der Waals surface area contributed by atoms with Crippen molar-refractivity contribution >= 4 is 0 Å². The first-order valence-electron chi connectivity index (χ1n) is 8.43. The van der Waals surface area contributed by atoms with Crippen LogP contribution in [-0.4, -0.2) is 31.1 Å². The van der Waals surface area contributed by atoms with Crippen LogP contribution in [0.4, 0.5) is 4.39 Å². The Balaban J connectivity index is 1.75. The lowest BCUT2D eigenvalue weighted by molar-refractivity contribution is 0.0355. The molecule has 21 heavy (non-hydrogen) atoms. The van der Waals surface area contributed by atoms with Gasteiger partial charge in [-0.3, -0.25) is 4.90 Å². The second-order valence-corrected chi connectivity index (χ2v) is 6.83. The Morgan fingerprint density at radius 1 is 1.24 bits per heavy atom. The third-order valence-electron chi connectivity index (χ3n) is 5.33. The van der Waals surface area contributed by atoms with Gasteiger partial charge in [0.15, 0.2) is 0 Å². The third-order valence-corrected chi connectivity index (χ3v) is 5.33. The monoisotopic (exact) mass is 290 g/mol. The van der Waals surface area contributed by atoms with Gasteiger partial charge in [-0.05, 0) is 68.3 Å². The Hall–Kier alpha value is -0.930. The number of nitrogens with one attached hydrogen (secondary N) is 1. The van der Waals surface area contributed by atoms with Gasteiger partial charge >= 0.3 is 0 Å². The van der Waals surface area contributed by atoms with E-state index in [9.17, 15) is 4.39 Å². The molecular formula is C18H27FN2. The van der Waals surface area contributed by atoms with Crippen molar-refractivity contribution in [1.29, 1.82) is 0 Å². The Bertz CT molecular complexity index is 445. The number of hydrogen-bond acceptors (Lipinski definition) is 2. The lowest BCUT2D eigenvalue weighted by Gasteiger charge is -2.48. The quantitative estimate of drug-likeness (QED) is 0.912. The molecule has 2 atom stereocenters. The molecule has 3 heteroatoms. The zero-order valence-corrected chi connectivity index (χ0v) is 13.1. The lowest BCUT2D eigenvalue weighted by Crippen LogP contribution is -2.51. The minimum Gasteiger partial charge on any atom is -0.316 e. The highest BCUT2D eigenvalue weighted by Crippen LogP contribution is 2.39. The molecule has 1 aromatic rings. The van der Waals surface area contributed by atoms with Crippen LogP contribution in [0, 0.1) is 11.2 Å². The van der Waals surface area contributed by atoms with Gasteiger partial charge in [-0.2, -0.15) is 0 Å². The first-order chi connectivity index (χ1) is 10.2. The number of nitrogens with zero attached hydrogens (tertiary/aromatic N) is 1. The number of benzene rings is 1. The van der Waals surface area contributed by atoms with E-state index in [0.29, 0.717) is 11.5 Å². The highest BCUT2D eigenvalue weighted by molar-refractivity contribution is 5.20. The van der Waals surface area contributed by atoms with E-state index in [1.165, 1.54) is 57.4 Å². The SMILES string of the molecule is CCC(c1ccc(F)cc1)N1CCCC2(CCCNC2)C1. The van der Waals surface area contributed by atoms with Crippen LogP contribution < -0.4 is 5.32 Å². The van der Waals surface area contributed by atoms with Gasteiger partial charge in [-0.25, -0.2) is 4.39 Å². The summed E-state index contributed by atoms with van der Waals surface area (Å²) in [6.07, 6.45) is 6.41. The summed E-state index contributed by atoms with van der Waals surface area (Å²) < 4.78 is 13.2. The highest BCUT2D eigenvalue weighted by Gasteiger charge is 2.38. The Kier molecular flexibility index (Phi) is 4.60. The minimum absolute atomic E-state index is 0.139. The number of halogens is 1. The fourth-order valence-electron chi connectivity index (χ4n) is 4.28. The fraction of sp³-hybridized carbons (Fsp3) is 0.667. The van der Waals surface area contributed by atoms with Gasteiger partial charge < -0.3 is 5.32 Å². The normalized spacial score (nSPS) is 28.7. The number of hydrogen-bond donors (Lipinski definition) is 1. The minimum atomic E-state index is -0.139. The van der Waals surface area contributed by atoms with E-state index in [2.05, 4.69) is 17.1 Å². The van der Waals surface area contributed by atoms with Crippen molar-refractivity contribution in [1.82, 2.24) is 10.2 Å². The molecule has 2 heterocycles. The van der Waals surface area contributed by atoms with Gasteiger partial charge in [0.05, 0.1) is 0 Å². The van der Waals surface area contributed by atoms with E-state index in [1.54, 1.807) is 12.1 Å². The van der Waals surface area contributed by atoms with Gasteiger partial charge in [0.1, 0.15) is 5.82 Å². The maximum Gasteiger partial charge on any atom is 0.123 e. The molecule has 3 rings (SSSR count). The maximum absolute atomic E-state index is 13.2. The molecule has 2 unspecified atom stereocenters. The largest absolute Gasteiger partial charge is 0.316 e. The second-order valence-electron chi connectivity index (χ2n) is 6.83. The molecule has 2 saturated heterocycles. The number of piperidine rings is 2. The summed E-state index contributed by atoms with van der Waals surface area (Å²) in [6, 6.07) is 7.55. The molecule has 0 aliphatic carbocycles. The van der Waals surface area contributed by atoms with E-state index < -0.39 is 0 Å². The van der Waals surface area contributed by atoms with Crippen molar-refractivity contribution < 1.29 is 4.39 Å². The topological polar surface area (TPSA) is 15.3 Å². The Labute approximate surface area is 127 Å². The molecule has 2 aliphatic heterocycles. The van der Waals surface area contributed by atoms with Crippen LogP contribution in [0.15, 0.2) is 24.3 Å². The summed E-state index contributed by atoms with van der Waals surface area (Å²) in [5.74, 6) is -0.139. The zero-order valence-electron chi connectivity index (χ0n) is 13.1. The summed E-state index contributed by atoms with van der Waals surface area (Å²) in [6.45, 7) is 6.96. The number of likely N-dealkylation sites (tertiary alicyclic amines) is 1. The lowest BCUT2D eigenvalue weighted by atomic mass is 9.74. The van der Waals surface area contributed by atoms with Crippen LogP contribution in [0.25, 0.3) is 0 Å². The summed E-state index contributed by atoms with van der Waals surface area (Å²) in [7, 11) is 0. The molecule has 2 fully saturated rings. The highest BCUT2D eigenvalue weighted by atomic mass is 19.1. The first kappa shape index (κ1) is 15.0. The van der Waals surface area contributed by atoms with Crippen LogP contribution in [0.2, 0.25) is 0 Å². The molecule has 2 nitrogen and oxygen atoms in total. The standard InChI is InChI=1S/C18H27FN2/c1-2-17(15-5-7-16(19)8-6-15)21-12-4-10-18(14-21)9-3-11-20-13-18/h5-8,17,20H,2-4,9-14H2,1H3. The molecular weight excluding hydrogens is 263 g/mol. The third kappa shape index (κ3) is 3.29. The molecule has 1 spiro atoms. The molecule has 1 N–H and O–H groups in total. The molecule has 0 bridgehead atoms. The van der Waals surface area contributed by atoms with Gasteiger partial charge in [0.25, 0.3) is 0 Å². The predicted molar refractivity (Wildman–Crippen MR) is 84.8 cm³/mol. The maximum atomic E-state index is 13.2. The van der Waals surface area contributed by atoms with E-state index in [1.807, 2.05) is 12.1 Å². The summed E-state index contributed by atoms with van der Waals surface area (Å²) in [4.78, 5) is 2.64. The van der Waals surface area contributed by atoms with Gasteiger partial charge in [-0.1, -0.05) is 19.1 Å². The molecule has 0 saturated carbocycles. The van der Waals surface area contributed by atoms with Crippen molar-refractivity contribution in [2.75, 3.05) is 26.2 Å². The summed E-state index contributed by atoms with van der Waals surface area (Å²) in [5.41, 5.74) is 1.74. The van der Waals surface area contributed by atoms with Gasteiger partial charge in [-0.15, -0.1) is 0 Å². The number of rotatable bonds is 3. The fourth-order valence-corrected chi connectivity index (χ4v) is 4.28. The Morgan fingerprint density at radius 3 is 2.67 bits per heavy atom. The van der Waals surface area contributed by atoms with Crippen LogP contribution in [0.3, 0.4) is 0 Å². The van der Waals surface area contributed by atoms with Crippen molar-refractivity contribution in [2.24, 2.45) is 5.41 Å². The first-order valence-corrected chi connectivity index (χ1v) is 8.43. The predicted octanol–water partition coefficient (Wildman–Crippen LogP) is 3.74. The van der Waals surface area contributed by atoms with Crippen molar-refractivity contribution in [3.8, 4) is 0 Å². The average Bonchev–Trinajstić information content (AvgIpc) is 2.51. The second kappa shape index (κ2) is 6.45. The van der Waals surface area contributed by atoms with E-state index in [-0.39, 0.29) is 5.82 Å². The molecule has 0 amide bonds. The van der Waals surface area contributed by atoms with E-state index in [0.717, 1.165) is 6.42 Å². The van der Waals surface area contributed by atoms with Crippen molar-refractivity contribution in [3.05, 3.63) is 35.6 Å². The smallest absolute Gasteiger partial charge is 0.123 e. The molecule has 0 aromatic heterocycles. The molecule has 1 aromatic carbocycles. The van der Waals surface area contributed by atoms with Gasteiger partial charge in [0.2, 0.25) is 0 Å². The van der Waals surface area contributed by atoms with Crippen LogP contribution in [0.5, 0.6) is 0 Å². The molecule has 0 radical (unpaired) electrons. The van der Waals surface area contributed by atoms with Gasteiger partial charge in [0, 0.05) is 19.1 Å². The average molecular weight is 290 g/mol. The Morgan fingerprint density at radius 2 is 2.00 bits per heavy atom. The van der Waals surface area contributed by atoms with Crippen LogP contribution in [0.1, 0.15) is 50.6 Å². The summed E-state index contributed by atoms with van der Waals surface area (Å²) in [5, 5.41) is 3.59. The van der Waals surface area contributed by atoms with E-state index >= 15 is 0 Å². The van der Waals surface area contributed by atoms with E-state index in [4.69, 9.17) is 0 Å². The zero-order chi connectivity index (χ0) is 14.7. The van der Waals surface area contributed by atoms with Crippen LogP contribution in [-0.2, 0) is 0 Å². The van der Waals surface area contributed by atoms with Crippen molar-refractivity contribution in [3.63, 3.8) is 0 Å². The molecule has 116 valence electrons. The van der Waals surface area contributed by atoms with Crippen LogP contribution >= 0.6 is 0 Å². The van der Waals surface area contributed by atoms with Crippen molar-refractivity contribution in [2.45, 2.75) is 45.1 Å².